The molecular formula is C11H21N3O. The Balaban J connectivity index is 2.54. The number of hydrogen-bond donors (Lipinski definition) is 1. The van der Waals surface area contributed by atoms with E-state index in [1.807, 2.05) is 0 Å². The number of methoxy groups -OCH3 is 1. The van der Waals surface area contributed by atoms with E-state index in [2.05, 4.69) is 17.9 Å². The fraction of sp³-hybridized carbons (Fsp3) is 0.909. The third kappa shape index (κ3) is 3.16. The fourth-order valence-electron chi connectivity index (χ4n) is 2.31. The fourth-order valence-corrected chi connectivity index (χ4v) is 2.31. The Kier molecular flexibility index (Phi) is 5.03. The Hall–Kier alpha value is -0.630. The van der Waals surface area contributed by atoms with Crippen molar-refractivity contribution in [2.45, 2.75) is 44.4 Å². The van der Waals surface area contributed by atoms with E-state index in [1.165, 1.54) is 0 Å². The van der Waals surface area contributed by atoms with Crippen LogP contribution < -0.4 is 5.73 Å². The van der Waals surface area contributed by atoms with Crippen LogP contribution in [0.15, 0.2) is 0 Å². The van der Waals surface area contributed by atoms with E-state index < -0.39 is 0 Å². The van der Waals surface area contributed by atoms with E-state index >= 15 is 0 Å². The molecule has 0 radical (unpaired) electrons. The molecule has 1 aliphatic rings. The molecule has 4 heteroatoms. The molecule has 1 heterocycles. The third-order valence-corrected chi connectivity index (χ3v) is 3.27. The molecule has 1 fully saturated rings. The molecule has 0 aromatic rings. The molecule has 86 valence electrons. The lowest BCUT2D eigenvalue weighted by molar-refractivity contribution is -0.000383. The van der Waals surface area contributed by atoms with Gasteiger partial charge in [0, 0.05) is 32.3 Å². The second-order valence-corrected chi connectivity index (χ2v) is 4.22. The van der Waals surface area contributed by atoms with Crippen molar-refractivity contribution in [1.82, 2.24) is 4.90 Å². The molecule has 3 unspecified atom stereocenters. The van der Waals surface area contributed by atoms with Gasteiger partial charge in [-0.05, 0) is 19.8 Å². The molecule has 1 rings (SSSR count). The minimum absolute atomic E-state index is 0.307. The zero-order valence-corrected chi connectivity index (χ0v) is 9.65. The van der Waals surface area contributed by atoms with Crippen molar-refractivity contribution in [2.75, 3.05) is 20.2 Å². The third-order valence-electron chi connectivity index (χ3n) is 3.27. The van der Waals surface area contributed by atoms with Crippen molar-refractivity contribution in [3.8, 4) is 6.07 Å². The molecule has 0 amide bonds. The lowest BCUT2D eigenvalue weighted by Gasteiger charge is -2.41. The first-order valence-electron chi connectivity index (χ1n) is 5.58. The highest BCUT2D eigenvalue weighted by atomic mass is 16.5. The summed E-state index contributed by atoms with van der Waals surface area (Å²) in [6.45, 7) is 3.73. The predicted molar refractivity (Wildman–Crippen MR) is 59.3 cm³/mol. The highest BCUT2D eigenvalue weighted by Gasteiger charge is 2.30. The van der Waals surface area contributed by atoms with Crippen molar-refractivity contribution in [2.24, 2.45) is 5.73 Å². The summed E-state index contributed by atoms with van der Waals surface area (Å²) in [6.07, 6.45) is 2.95. The number of nitrogens with zero attached hydrogens (tertiary/aromatic N) is 2. The number of hydrogen-bond acceptors (Lipinski definition) is 4. The molecule has 4 nitrogen and oxygen atoms in total. The Morgan fingerprint density at radius 3 is 2.93 bits per heavy atom. The number of ether oxygens (including phenoxy) is 1. The van der Waals surface area contributed by atoms with Gasteiger partial charge in [0.25, 0.3) is 0 Å². The topological polar surface area (TPSA) is 62.3 Å². The van der Waals surface area contributed by atoms with E-state index in [1.54, 1.807) is 7.11 Å². The van der Waals surface area contributed by atoms with Gasteiger partial charge in [-0.25, -0.2) is 0 Å². The smallest absolute Gasteiger partial charge is 0.0638 e. The molecule has 0 aliphatic carbocycles. The highest BCUT2D eigenvalue weighted by Crippen LogP contribution is 2.22. The van der Waals surface area contributed by atoms with Crippen molar-refractivity contribution in [3.63, 3.8) is 0 Å². The lowest BCUT2D eigenvalue weighted by Crippen LogP contribution is -2.52. The summed E-state index contributed by atoms with van der Waals surface area (Å²) in [5.74, 6) is 0. The summed E-state index contributed by atoms with van der Waals surface area (Å²) in [5.41, 5.74) is 5.76. The standard InChI is InChI=1S/C11H21N3O/c1-9(3-5-12)14-6-4-11(15-2)7-10(14)8-13/h9-11H,3-4,6-8,13H2,1-2H3. The average Bonchev–Trinajstić information content (AvgIpc) is 2.28. The second kappa shape index (κ2) is 6.06. The molecule has 0 saturated carbocycles. The first kappa shape index (κ1) is 12.4. The molecule has 15 heavy (non-hydrogen) atoms. The molecule has 0 bridgehead atoms. The van der Waals surface area contributed by atoms with E-state index in [4.69, 9.17) is 15.7 Å². The summed E-state index contributed by atoms with van der Waals surface area (Å²) < 4.78 is 5.36. The minimum Gasteiger partial charge on any atom is -0.381 e. The van der Waals surface area contributed by atoms with Gasteiger partial charge in [-0.1, -0.05) is 0 Å². The summed E-state index contributed by atoms with van der Waals surface area (Å²) >= 11 is 0. The quantitative estimate of drug-likeness (QED) is 0.744. The zero-order valence-electron chi connectivity index (χ0n) is 9.65. The van der Waals surface area contributed by atoms with Crippen LogP contribution in [-0.2, 0) is 4.74 Å². The highest BCUT2D eigenvalue weighted by molar-refractivity contribution is 4.89. The Morgan fingerprint density at radius 1 is 1.67 bits per heavy atom. The SMILES string of the molecule is COC1CCN(C(C)CC#N)C(CN)C1. The van der Waals surface area contributed by atoms with E-state index in [0.717, 1.165) is 19.4 Å². The summed E-state index contributed by atoms with van der Waals surface area (Å²) in [7, 11) is 1.76. The molecular weight excluding hydrogens is 190 g/mol. The van der Waals surface area contributed by atoms with Crippen molar-refractivity contribution >= 4 is 0 Å². The first-order valence-corrected chi connectivity index (χ1v) is 5.58. The van der Waals surface area contributed by atoms with Gasteiger partial charge in [0.05, 0.1) is 18.6 Å². The minimum atomic E-state index is 0.307. The van der Waals surface area contributed by atoms with Crippen LogP contribution in [0.4, 0.5) is 0 Å². The van der Waals surface area contributed by atoms with Crippen LogP contribution >= 0.6 is 0 Å². The van der Waals surface area contributed by atoms with Crippen LogP contribution in [0.5, 0.6) is 0 Å². The average molecular weight is 211 g/mol. The Bertz CT molecular complexity index is 226. The summed E-state index contributed by atoms with van der Waals surface area (Å²) in [5, 5.41) is 8.69. The van der Waals surface area contributed by atoms with Crippen LogP contribution in [-0.4, -0.2) is 43.3 Å². The molecule has 2 N–H and O–H groups in total. The van der Waals surface area contributed by atoms with Crippen LogP contribution in [0.2, 0.25) is 0 Å². The van der Waals surface area contributed by atoms with Crippen LogP contribution in [0.1, 0.15) is 26.2 Å². The molecule has 3 atom stereocenters. The maximum absolute atomic E-state index is 8.69. The van der Waals surface area contributed by atoms with Gasteiger partial charge in [-0.2, -0.15) is 5.26 Å². The maximum Gasteiger partial charge on any atom is 0.0638 e. The van der Waals surface area contributed by atoms with Crippen molar-refractivity contribution < 1.29 is 4.74 Å². The molecule has 1 saturated heterocycles. The number of nitriles is 1. The summed E-state index contributed by atoms with van der Waals surface area (Å²) in [6, 6.07) is 2.90. The largest absolute Gasteiger partial charge is 0.381 e. The van der Waals surface area contributed by atoms with Gasteiger partial charge in [0.15, 0.2) is 0 Å². The molecule has 1 aliphatic heterocycles. The summed E-state index contributed by atoms with van der Waals surface area (Å²) in [4.78, 5) is 2.35. The van der Waals surface area contributed by atoms with Gasteiger partial charge >= 0.3 is 0 Å². The van der Waals surface area contributed by atoms with Gasteiger partial charge in [-0.3, -0.25) is 4.90 Å². The molecule has 0 spiro atoms. The van der Waals surface area contributed by atoms with Gasteiger partial charge < -0.3 is 10.5 Å². The van der Waals surface area contributed by atoms with E-state index in [9.17, 15) is 0 Å². The molecule has 0 aromatic heterocycles. The van der Waals surface area contributed by atoms with E-state index in [0.29, 0.717) is 31.2 Å². The number of likely N-dealkylation sites (tertiary alicyclic amines) is 1. The first-order chi connectivity index (χ1) is 7.22. The number of nitrogens with two attached hydrogens (primary N) is 1. The molecule has 0 aromatic carbocycles. The van der Waals surface area contributed by atoms with Crippen molar-refractivity contribution in [1.29, 1.82) is 5.26 Å². The Morgan fingerprint density at radius 2 is 2.40 bits per heavy atom. The van der Waals surface area contributed by atoms with Crippen LogP contribution in [0.3, 0.4) is 0 Å². The predicted octanol–water partition coefficient (Wildman–Crippen LogP) is 0.727. The normalized spacial score (nSPS) is 29.7. The van der Waals surface area contributed by atoms with Crippen LogP contribution in [0, 0.1) is 11.3 Å². The maximum atomic E-state index is 8.69. The number of rotatable bonds is 4. The van der Waals surface area contributed by atoms with Crippen LogP contribution in [0.25, 0.3) is 0 Å². The van der Waals surface area contributed by atoms with Gasteiger partial charge in [0.1, 0.15) is 0 Å². The number of piperidine rings is 1. The van der Waals surface area contributed by atoms with Gasteiger partial charge in [0.2, 0.25) is 0 Å². The second-order valence-electron chi connectivity index (χ2n) is 4.22. The zero-order chi connectivity index (χ0) is 11.3. The van der Waals surface area contributed by atoms with E-state index in [-0.39, 0.29) is 0 Å². The lowest BCUT2D eigenvalue weighted by atomic mass is 9.97. The van der Waals surface area contributed by atoms with Crippen molar-refractivity contribution in [3.05, 3.63) is 0 Å². The monoisotopic (exact) mass is 211 g/mol. The van der Waals surface area contributed by atoms with Gasteiger partial charge in [-0.15, -0.1) is 0 Å². The Labute approximate surface area is 92.0 Å².